The summed E-state index contributed by atoms with van der Waals surface area (Å²) < 4.78 is 11.0. The molecule has 32 heavy (non-hydrogen) atoms. The fourth-order valence-electron chi connectivity index (χ4n) is 3.03. The lowest BCUT2D eigenvalue weighted by Crippen LogP contribution is -2.54. The van der Waals surface area contributed by atoms with E-state index in [9.17, 15) is 19.2 Å². The second kappa shape index (κ2) is 10.2. The van der Waals surface area contributed by atoms with E-state index in [1.54, 1.807) is 37.3 Å². The molecule has 0 bridgehead atoms. The average Bonchev–Trinajstić information content (AvgIpc) is 2.76. The molecule has 9 heteroatoms. The quantitative estimate of drug-likeness (QED) is 0.353. The van der Waals surface area contributed by atoms with Gasteiger partial charge in [-0.3, -0.25) is 14.9 Å². The number of halogens is 1. The predicted octanol–water partition coefficient (Wildman–Crippen LogP) is 3.62. The zero-order chi connectivity index (χ0) is 23.3. The second-order valence-corrected chi connectivity index (χ2v) is 7.67. The highest BCUT2D eigenvalue weighted by Crippen LogP contribution is 2.28. The summed E-state index contributed by atoms with van der Waals surface area (Å²) in [5, 5.41) is 2.19. The summed E-state index contributed by atoms with van der Waals surface area (Å²) >= 11 is 3.34. The molecule has 0 atom stereocenters. The van der Waals surface area contributed by atoms with Crippen LogP contribution < -0.4 is 15.0 Å². The Labute approximate surface area is 193 Å². The van der Waals surface area contributed by atoms with Gasteiger partial charge in [0.1, 0.15) is 11.3 Å². The van der Waals surface area contributed by atoms with Crippen molar-refractivity contribution in [2.45, 2.75) is 20.3 Å². The Bertz CT molecular complexity index is 1090. The van der Waals surface area contributed by atoms with Gasteiger partial charge in [0.05, 0.1) is 12.3 Å². The molecule has 0 aliphatic carbocycles. The number of rotatable bonds is 7. The molecule has 3 rings (SSSR count). The Morgan fingerprint density at radius 2 is 1.81 bits per heavy atom. The highest BCUT2D eigenvalue weighted by atomic mass is 79.9. The van der Waals surface area contributed by atoms with Gasteiger partial charge in [-0.1, -0.05) is 35.0 Å². The van der Waals surface area contributed by atoms with Crippen LogP contribution in [-0.4, -0.2) is 37.0 Å². The number of ether oxygens (including phenoxy) is 2. The summed E-state index contributed by atoms with van der Waals surface area (Å²) in [6, 6.07) is 11.0. The van der Waals surface area contributed by atoms with Gasteiger partial charge in [0.15, 0.2) is 6.61 Å². The maximum Gasteiger partial charge on any atom is 0.344 e. The van der Waals surface area contributed by atoms with Gasteiger partial charge in [0.25, 0.3) is 11.8 Å². The van der Waals surface area contributed by atoms with Crippen LogP contribution in [0.1, 0.15) is 25.0 Å². The molecule has 1 aliphatic rings. The Balaban J connectivity index is 1.95. The van der Waals surface area contributed by atoms with Gasteiger partial charge in [-0.25, -0.2) is 14.5 Å². The lowest BCUT2D eigenvalue weighted by molar-refractivity contribution is -0.145. The number of benzene rings is 2. The fourth-order valence-corrected chi connectivity index (χ4v) is 3.41. The lowest BCUT2D eigenvalue weighted by atomic mass is 10.1. The summed E-state index contributed by atoms with van der Waals surface area (Å²) in [5.41, 5.74) is 1.51. The molecule has 8 nitrogen and oxygen atoms in total. The number of urea groups is 1. The Morgan fingerprint density at radius 3 is 2.47 bits per heavy atom. The first-order chi connectivity index (χ1) is 15.3. The second-order valence-electron chi connectivity index (χ2n) is 6.75. The number of carbonyl (C=O) groups excluding carboxylic acids is 4. The summed E-state index contributed by atoms with van der Waals surface area (Å²) in [6.07, 6.45) is 2.13. The van der Waals surface area contributed by atoms with Crippen molar-refractivity contribution in [3.63, 3.8) is 0 Å². The molecule has 0 saturated carbocycles. The van der Waals surface area contributed by atoms with E-state index in [1.165, 1.54) is 6.08 Å². The van der Waals surface area contributed by atoms with Crippen LogP contribution in [0.3, 0.4) is 0 Å². The number of barbiturate groups is 1. The molecule has 0 aromatic heterocycles. The minimum absolute atomic E-state index is 0.219. The normalized spacial score (nSPS) is 15.0. The topological polar surface area (TPSA) is 102 Å². The lowest BCUT2D eigenvalue weighted by Gasteiger charge is -2.26. The molecule has 1 N–H and O–H groups in total. The van der Waals surface area contributed by atoms with Crippen molar-refractivity contribution < 1.29 is 28.7 Å². The van der Waals surface area contributed by atoms with Gasteiger partial charge in [-0.15, -0.1) is 0 Å². The van der Waals surface area contributed by atoms with E-state index < -0.39 is 23.8 Å². The molecule has 1 saturated heterocycles. The first-order valence-corrected chi connectivity index (χ1v) is 10.7. The Morgan fingerprint density at radius 1 is 1.09 bits per heavy atom. The molecule has 1 heterocycles. The van der Waals surface area contributed by atoms with E-state index >= 15 is 0 Å². The van der Waals surface area contributed by atoms with Crippen molar-refractivity contribution in [1.82, 2.24) is 5.32 Å². The van der Waals surface area contributed by atoms with Crippen LogP contribution in [0.5, 0.6) is 5.75 Å². The summed E-state index contributed by atoms with van der Waals surface area (Å²) in [5.74, 6) is -1.87. The summed E-state index contributed by atoms with van der Waals surface area (Å²) in [7, 11) is 0. The number of esters is 1. The van der Waals surface area contributed by atoms with Gasteiger partial charge in [-0.2, -0.15) is 0 Å². The zero-order valence-electron chi connectivity index (χ0n) is 17.5. The number of nitrogens with one attached hydrogen (secondary N) is 1. The highest BCUT2D eigenvalue weighted by Gasteiger charge is 2.37. The Hall–Kier alpha value is -3.46. The highest BCUT2D eigenvalue weighted by molar-refractivity contribution is 9.10. The van der Waals surface area contributed by atoms with Crippen molar-refractivity contribution in [2.75, 3.05) is 18.1 Å². The fraction of sp³-hybridized carbons (Fsp3) is 0.217. The molecule has 0 spiro atoms. The molecule has 0 radical (unpaired) electrons. The van der Waals surface area contributed by atoms with Crippen LogP contribution in [0.2, 0.25) is 0 Å². The molecule has 0 unspecified atom stereocenters. The largest absolute Gasteiger partial charge is 0.481 e. The van der Waals surface area contributed by atoms with Crippen LogP contribution in [0.25, 0.3) is 6.08 Å². The first kappa shape index (κ1) is 23.2. The van der Waals surface area contributed by atoms with Crippen LogP contribution >= 0.6 is 15.9 Å². The van der Waals surface area contributed by atoms with E-state index in [4.69, 9.17) is 9.47 Å². The third-order valence-corrected chi connectivity index (χ3v) is 5.12. The van der Waals surface area contributed by atoms with Gasteiger partial charge < -0.3 is 9.47 Å². The number of hydrogen-bond donors (Lipinski definition) is 1. The van der Waals surface area contributed by atoms with Gasteiger partial charge in [-0.05, 0) is 55.3 Å². The SMILES string of the molecule is CCOC(=O)COc1ccc(Br)cc1/C=C1/C(=O)NC(=O)N(c2ccc(CC)cc2)C1=O. The molecule has 4 amide bonds. The van der Waals surface area contributed by atoms with Crippen LogP contribution in [0, 0.1) is 0 Å². The molecular weight excluding hydrogens is 480 g/mol. The van der Waals surface area contributed by atoms with E-state index in [1.807, 2.05) is 19.1 Å². The third-order valence-electron chi connectivity index (χ3n) is 4.63. The van der Waals surface area contributed by atoms with Crippen LogP contribution in [0.15, 0.2) is 52.5 Å². The van der Waals surface area contributed by atoms with Crippen molar-refractivity contribution >= 4 is 51.5 Å². The number of amides is 4. The maximum atomic E-state index is 13.1. The standard InChI is InChI=1S/C23H21BrN2O6/c1-3-14-5-8-17(9-6-14)26-22(29)18(21(28)25-23(26)30)12-15-11-16(24)7-10-19(15)32-13-20(27)31-4-2/h5-12H,3-4,13H2,1-2H3,(H,25,28,30)/b18-12-. The van der Waals surface area contributed by atoms with Crippen molar-refractivity contribution in [2.24, 2.45) is 0 Å². The van der Waals surface area contributed by atoms with Gasteiger partial charge >= 0.3 is 12.0 Å². The monoisotopic (exact) mass is 500 g/mol. The number of nitrogens with zero attached hydrogens (tertiary/aromatic N) is 1. The smallest absolute Gasteiger partial charge is 0.344 e. The van der Waals surface area contributed by atoms with Crippen molar-refractivity contribution in [3.8, 4) is 5.75 Å². The number of carbonyl (C=O) groups is 4. The number of imide groups is 2. The van der Waals surface area contributed by atoms with E-state index in [2.05, 4.69) is 21.2 Å². The molecule has 166 valence electrons. The van der Waals surface area contributed by atoms with Crippen LogP contribution in [-0.2, 0) is 25.5 Å². The first-order valence-electron chi connectivity index (χ1n) is 9.92. The molecular formula is C23H21BrN2O6. The van der Waals surface area contributed by atoms with Crippen molar-refractivity contribution in [3.05, 3.63) is 63.6 Å². The summed E-state index contributed by atoms with van der Waals surface area (Å²) in [4.78, 5) is 50.5. The minimum Gasteiger partial charge on any atom is -0.481 e. The molecule has 2 aromatic carbocycles. The predicted molar refractivity (Wildman–Crippen MR) is 121 cm³/mol. The maximum absolute atomic E-state index is 13.1. The van der Waals surface area contributed by atoms with E-state index in [0.717, 1.165) is 16.9 Å². The van der Waals surface area contributed by atoms with Crippen LogP contribution in [0.4, 0.5) is 10.5 Å². The van der Waals surface area contributed by atoms with E-state index in [-0.39, 0.29) is 24.5 Å². The molecule has 2 aromatic rings. The number of aryl methyl sites for hydroxylation is 1. The average molecular weight is 501 g/mol. The number of hydrogen-bond acceptors (Lipinski definition) is 6. The molecule has 1 aliphatic heterocycles. The Kier molecular flexibility index (Phi) is 7.42. The molecule has 1 fully saturated rings. The third kappa shape index (κ3) is 5.23. The summed E-state index contributed by atoms with van der Waals surface area (Å²) in [6.45, 7) is 3.56. The minimum atomic E-state index is -0.825. The van der Waals surface area contributed by atoms with Gasteiger partial charge in [0, 0.05) is 10.0 Å². The zero-order valence-corrected chi connectivity index (χ0v) is 19.1. The van der Waals surface area contributed by atoms with Gasteiger partial charge in [0.2, 0.25) is 0 Å². The van der Waals surface area contributed by atoms with E-state index in [0.29, 0.717) is 15.7 Å². The van der Waals surface area contributed by atoms with Crippen molar-refractivity contribution in [1.29, 1.82) is 0 Å². The number of anilines is 1.